The van der Waals surface area contributed by atoms with Gasteiger partial charge < -0.3 is 4.57 Å². The first kappa shape index (κ1) is 17.0. The van der Waals surface area contributed by atoms with Gasteiger partial charge in [0.25, 0.3) is 5.56 Å². The van der Waals surface area contributed by atoms with Crippen LogP contribution in [0.5, 0.6) is 0 Å². The van der Waals surface area contributed by atoms with E-state index in [0.717, 1.165) is 4.31 Å². The van der Waals surface area contributed by atoms with E-state index in [1.54, 1.807) is 18.2 Å². The van der Waals surface area contributed by atoms with Gasteiger partial charge in [-0.15, -0.1) is 0 Å². The fourth-order valence-electron chi connectivity index (χ4n) is 1.83. The van der Waals surface area contributed by atoms with E-state index in [1.807, 2.05) is 0 Å². The third-order valence-corrected chi connectivity index (χ3v) is 5.48. The van der Waals surface area contributed by atoms with Crippen LogP contribution in [-0.2, 0) is 16.6 Å². The maximum atomic E-state index is 12.1. The summed E-state index contributed by atoms with van der Waals surface area (Å²) in [5.41, 5.74) is 0.358. The molecule has 1 aromatic carbocycles. The van der Waals surface area contributed by atoms with Crippen molar-refractivity contribution in [3.05, 3.63) is 62.5 Å². The van der Waals surface area contributed by atoms with Crippen LogP contribution in [0.3, 0.4) is 0 Å². The van der Waals surface area contributed by atoms with Gasteiger partial charge in [0.1, 0.15) is 0 Å². The Morgan fingerprint density at radius 1 is 1.14 bits per heavy atom. The van der Waals surface area contributed by atoms with E-state index in [-0.39, 0.29) is 17.0 Å². The Hall–Kier alpha value is -1.34. The third kappa shape index (κ3) is 3.52. The number of benzene rings is 1. The lowest BCUT2D eigenvalue weighted by Crippen LogP contribution is -2.26. The maximum Gasteiger partial charge on any atom is 0.250 e. The van der Waals surface area contributed by atoms with Crippen LogP contribution >= 0.6 is 23.2 Å². The van der Waals surface area contributed by atoms with E-state index in [1.165, 1.54) is 37.0 Å². The molecule has 2 rings (SSSR count). The van der Waals surface area contributed by atoms with E-state index in [0.29, 0.717) is 15.6 Å². The molecule has 0 spiro atoms. The quantitative estimate of drug-likeness (QED) is 0.841. The molecule has 0 radical (unpaired) electrons. The number of nitrogens with zero attached hydrogens (tertiary/aromatic N) is 2. The van der Waals surface area contributed by atoms with Crippen LogP contribution in [0.15, 0.2) is 46.2 Å². The minimum atomic E-state index is -3.61. The molecule has 2 aromatic rings. The van der Waals surface area contributed by atoms with Gasteiger partial charge in [0.2, 0.25) is 10.0 Å². The van der Waals surface area contributed by atoms with Crippen molar-refractivity contribution < 1.29 is 8.42 Å². The van der Waals surface area contributed by atoms with Crippen molar-refractivity contribution in [2.75, 3.05) is 14.1 Å². The standard InChI is InChI=1S/C14H14Cl2N2O3S/c1-17(2)22(20,21)12-5-6-14(19)18(9-12)8-10-3-4-11(15)7-13(10)16/h3-7,9H,8H2,1-2H3. The molecule has 0 aliphatic rings. The van der Waals surface area contributed by atoms with Crippen molar-refractivity contribution in [2.24, 2.45) is 0 Å². The topological polar surface area (TPSA) is 59.4 Å². The number of hydrogen-bond donors (Lipinski definition) is 0. The van der Waals surface area contributed by atoms with E-state index in [2.05, 4.69) is 0 Å². The highest BCUT2D eigenvalue weighted by molar-refractivity contribution is 7.89. The summed E-state index contributed by atoms with van der Waals surface area (Å²) in [5.74, 6) is 0. The highest BCUT2D eigenvalue weighted by Crippen LogP contribution is 2.21. The molecule has 1 heterocycles. The molecule has 0 aliphatic carbocycles. The molecule has 1 aromatic heterocycles. The Morgan fingerprint density at radius 3 is 2.41 bits per heavy atom. The molecule has 5 nitrogen and oxygen atoms in total. The molecule has 8 heteroatoms. The normalized spacial score (nSPS) is 11.9. The van der Waals surface area contributed by atoms with E-state index < -0.39 is 10.0 Å². The van der Waals surface area contributed by atoms with Crippen LogP contribution in [0.1, 0.15) is 5.56 Å². The van der Waals surface area contributed by atoms with Crippen molar-refractivity contribution in [3.8, 4) is 0 Å². The summed E-state index contributed by atoms with van der Waals surface area (Å²) in [5, 5.41) is 0.908. The molecule has 0 fully saturated rings. The zero-order valence-electron chi connectivity index (χ0n) is 12.0. The summed E-state index contributed by atoms with van der Waals surface area (Å²) >= 11 is 11.9. The second kappa shape index (κ2) is 6.42. The van der Waals surface area contributed by atoms with E-state index in [9.17, 15) is 13.2 Å². The van der Waals surface area contributed by atoms with Crippen LogP contribution in [0.25, 0.3) is 0 Å². The van der Waals surface area contributed by atoms with Crippen molar-refractivity contribution in [1.29, 1.82) is 0 Å². The highest BCUT2D eigenvalue weighted by Gasteiger charge is 2.18. The van der Waals surface area contributed by atoms with Gasteiger partial charge >= 0.3 is 0 Å². The summed E-state index contributed by atoms with van der Waals surface area (Å²) in [6.07, 6.45) is 1.31. The largest absolute Gasteiger partial charge is 0.310 e. The first-order chi connectivity index (χ1) is 10.2. The summed E-state index contributed by atoms with van der Waals surface area (Å²) in [6, 6.07) is 7.44. The Balaban J connectivity index is 2.46. The van der Waals surface area contributed by atoms with Gasteiger partial charge in [0, 0.05) is 36.4 Å². The Kier molecular flexibility index (Phi) is 4.97. The fourth-order valence-corrected chi connectivity index (χ4v) is 3.22. The zero-order valence-corrected chi connectivity index (χ0v) is 14.3. The average Bonchev–Trinajstić information content (AvgIpc) is 2.43. The van der Waals surface area contributed by atoms with Crippen molar-refractivity contribution in [3.63, 3.8) is 0 Å². The number of rotatable bonds is 4. The molecule has 0 N–H and O–H groups in total. The molecule has 0 unspecified atom stereocenters. The van der Waals surface area contributed by atoms with Crippen molar-refractivity contribution in [2.45, 2.75) is 11.4 Å². The molecule has 0 aliphatic heterocycles. The van der Waals surface area contributed by atoms with Crippen molar-refractivity contribution >= 4 is 33.2 Å². The lowest BCUT2D eigenvalue weighted by atomic mass is 10.2. The number of aromatic nitrogens is 1. The number of sulfonamides is 1. The summed E-state index contributed by atoms with van der Waals surface area (Å²) in [7, 11) is -0.743. The average molecular weight is 361 g/mol. The summed E-state index contributed by atoms with van der Waals surface area (Å²) in [4.78, 5) is 12.0. The van der Waals surface area contributed by atoms with Gasteiger partial charge in [-0.2, -0.15) is 0 Å². The maximum absolute atomic E-state index is 12.1. The minimum Gasteiger partial charge on any atom is -0.310 e. The first-order valence-corrected chi connectivity index (χ1v) is 8.48. The Bertz CT molecular complexity index is 861. The summed E-state index contributed by atoms with van der Waals surface area (Å²) < 4.78 is 26.6. The van der Waals surface area contributed by atoms with Gasteiger partial charge in [0.15, 0.2) is 0 Å². The number of halogens is 2. The van der Waals surface area contributed by atoms with Gasteiger partial charge in [-0.05, 0) is 23.8 Å². The third-order valence-electron chi connectivity index (χ3n) is 3.09. The van der Waals surface area contributed by atoms with Crippen LogP contribution < -0.4 is 5.56 Å². The van der Waals surface area contributed by atoms with Crippen LogP contribution in [0.4, 0.5) is 0 Å². The SMILES string of the molecule is CN(C)S(=O)(=O)c1ccc(=O)n(Cc2ccc(Cl)cc2Cl)c1. The lowest BCUT2D eigenvalue weighted by molar-refractivity contribution is 0.519. The molecule has 0 saturated heterocycles. The van der Waals surface area contributed by atoms with Crippen LogP contribution in [0, 0.1) is 0 Å². The van der Waals surface area contributed by atoms with Gasteiger partial charge in [-0.1, -0.05) is 29.3 Å². The minimum absolute atomic E-state index is 0.0437. The summed E-state index contributed by atoms with van der Waals surface area (Å²) in [6.45, 7) is 0.158. The molecule has 0 atom stereocenters. The monoisotopic (exact) mass is 360 g/mol. The predicted octanol–water partition coefficient (Wildman–Crippen LogP) is 2.45. The number of hydrogen-bond acceptors (Lipinski definition) is 3. The first-order valence-electron chi connectivity index (χ1n) is 6.29. The molecular formula is C14H14Cl2N2O3S. The predicted molar refractivity (Wildman–Crippen MR) is 87.1 cm³/mol. The Labute approximate surface area is 138 Å². The van der Waals surface area contributed by atoms with Gasteiger partial charge in [-0.3, -0.25) is 4.79 Å². The molecule has 22 heavy (non-hydrogen) atoms. The van der Waals surface area contributed by atoms with Crippen LogP contribution in [-0.4, -0.2) is 31.4 Å². The molecule has 0 saturated carbocycles. The van der Waals surface area contributed by atoms with Crippen LogP contribution in [0.2, 0.25) is 10.0 Å². The van der Waals surface area contributed by atoms with E-state index >= 15 is 0 Å². The fraction of sp³-hybridized carbons (Fsp3) is 0.214. The smallest absolute Gasteiger partial charge is 0.250 e. The number of pyridine rings is 1. The molecule has 0 bridgehead atoms. The lowest BCUT2D eigenvalue weighted by Gasteiger charge is -2.13. The molecule has 118 valence electrons. The highest BCUT2D eigenvalue weighted by atomic mass is 35.5. The zero-order chi connectivity index (χ0) is 16.5. The van der Waals surface area contributed by atoms with Gasteiger partial charge in [0.05, 0.1) is 11.4 Å². The second-order valence-corrected chi connectivity index (χ2v) is 7.85. The van der Waals surface area contributed by atoms with Crippen molar-refractivity contribution in [1.82, 2.24) is 8.87 Å². The molecule has 0 amide bonds. The van der Waals surface area contributed by atoms with Gasteiger partial charge in [-0.25, -0.2) is 12.7 Å². The Morgan fingerprint density at radius 2 is 1.82 bits per heavy atom. The second-order valence-electron chi connectivity index (χ2n) is 4.85. The van der Waals surface area contributed by atoms with E-state index in [4.69, 9.17) is 23.2 Å². The molecular weight excluding hydrogens is 347 g/mol.